The van der Waals surface area contributed by atoms with Crippen LogP contribution in [0.25, 0.3) is 0 Å². The number of nitrogens with zero attached hydrogens (tertiary/aromatic N) is 1. The van der Waals surface area contributed by atoms with Gasteiger partial charge in [-0.1, -0.05) is 30.3 Å². The lowest BCUT2D eigenvalue weighted by Gasteiger charge is -2.25. The van der Waals surface area contributed by atoms with E-state index in [1.54, 1.807) is 4.90 Å². The third-order valence-corrected chi connectivity index (χ3v) is 3.76. The van der Waals surface area contributed by atoms with Crippen LogP contribution in [-0.2, 0) is 16.0 Å². The van der Waals surface area contributed by atoms with Gasteiger partial charge in [0, 0.05) is 12.6 Å². The van der Waals surface area contributed by atoms with E-state index in [9.17, 15) is 22.8 Å². The number of carbonyl (C=O) groups excluding carboxylic acids is 2. The summed E-state index contributed by atoms with van der Waals surface area (Å²) in [7, 11) is 0. The van der Waals surface area contributed by atoms with Crippen LogP contribution in [0, 0.1) is 0 Å². The SMILES string of the molecule is O=C(NCC(=O)N1CCC[C@H]1Cc1ccccc1)OCC(F)(F)F. The van der Waals surface area contributed by atoms with E-state index < -0.39 is 18.9 Å². The molecule has 1 N–H and O–H groups in total. The number of amides is 2. The zero-order valence-corrected chi connectivity index (χ0v) is 13.0. The number of halogens is 3. The molecular formula is C16H19F3N2O3. The summed E-state index contributed by atoms with van der Waals surface area (Å²) in [6.07, 6.45) is -3.40. The minimum Gasteiger partial charge on any atom is -0.440 e. The molecule has 2 rings (SSSR count). The monoisotopic (exact) mass is 344 g/mol. The summed E-state index contributed by atoms with van der Waals surface area (Å²) in [5.74, 6) is -0.322. The molecule has 8 heteroatoms. The maximum Gasteiger partial charge on any atom is 0.422 e. The molecule has 1 aromatic carbocycles. The van der Waals surface area contributed by atoms with Crippen LogP contribution in [-0.4, -0.2) is 48.8 Å². The number of likely N-dealkylation sites (tertiary alicyclic amines) is 1. The molecule has 1 atom stereocenters. The smallest absolute Gasteiger partial charge is 0.422 e. The standard InChI is InChI=1S/C16H19F3N2O3/c17-16(18,19)11-24-15(23)20-10-14(22)21-8-4-7-13(21)9-12-5-2-1-3-6-12/h1-3,5-6,13H,4,7-11H2,(H,20,23)/t13-/m0/s1. The van der Waals surface area contributed by atoms with Crippen molar-refractivity contribution in [1.29, 1.82) is 0 Å². The van der Waals surface area contributed by atoms with Crippen molar-refractivity contribution in [2.24, 2.45) is 0 Å². The van der Waals surface area contributed by atoms with Gasteiger partial charge >= 0.3 is 12.3 Å². The number of hydrogen-bond acceptors (Lipinski definition) is 3. The Hall–Kier alpha value is -2.25. The molecule has 1 aliphatic heterocycles. The largest absolute Gasteiger partial charge is 0.440 e. The molecular weight excluding hydrogens is 325 g/mol. The maximum absolute atomic E-state index is 12.2. The number of carbonyl (C=O) groups is 2. The summed E-state index contributed by atoms with van der Waals surface area (Å²) in [4.78, 5) is 25.0. The highest BCUT2D eigenvalue weighted by atomic mass is 19.4. The van der Waals surface area contributed by atoms with Crippen molar-refractivity contribution >= 4 is 12.0 Å². The summed E-state index contributed by atoms with van der Waals surface area (Å²) < 4.78 is 39.8. The van der Waals surface area contributed by atoms with E-state index >= 15 is 0 Å². The molecule has 1 heterocycles. The van der Waals surface area contributed by atoms with E-state index in [2.05, 4.69) is 10.1 Å². The Kier molecular flexibility index (Phi) is 6.05. The number of alkyl carbamates (subject to hydrolysis) is 1. The van der Waals surface area contributed by atoms with E-state index in [1.165, 1.54) is 0 Å². The zero-order valence-electron chi connectivity index (χ0n) is 13.0. The Morgan fingerprint density at radius 1 is 1.25 bits per heavy atom. The number of rotatable bonds is 5. The van der Waals surface area contributed by atoms with Gasteiger partial charge in [-0.3, -0.25) is 4.79 Å². The van der Waals surface area contributed by atoms with Gasteiger partial charge in [0.15, 0.2) is 6.61 Å². The third-order valence-electron chi connectivity index (χ3n) is 3.76. The van der Waals surface area contributed by atoms with Crippen LogP contribution < -0.4 is 5.32 Å². The zero-order chi connectivity index (χ0) is 17.6. The first kappa shape index (κ1) is 18.1. The lowest BCUT2D eigenvalue weighted by molar-refractivity contribution is -0.160. The highest BCUT2D eigenvalue weighted by Gasteiger charge is 2.31. The number of ether oxygens (including phenoxy) is 1. The van der Waals surface area contributed by atoms with Crippen molar-refractivity contribution in [2.75, 3.05) is 19.7 Å². The normalized spacial score (nSPS) is 17.6. The van der Waals surface area contributed by atoms with Crippen LogP contribution in [0.1, 0.15) is 18.4 Å². The first-order valence-electron chi connectivity index (χ1n) is 7.66. The van der Waals surface area contributed by atoms with Gasteiger partial charge in [-0.2, -0.15) is 13.2 Å². The molecule has 0 spiro atoms. The first-order valence-corrected chi connectivity index (χ1v) is 7.66. The maximum atomic E-state index is 12.2. The van der Waals surface area contributed by atoms with E-state index in [4.69, 9.17) is 0 Å². The van der Waals surface area contributed by atoms with Gasteiger partial charge < -0.3 is 15.0 Å². The van der Waals surface area contributed by atoms with Crippen LogP contribution in [0.2, 0.25) is 0 Å². The predicted molar refractivity (Wildman–Crippen MR) is 80.3 cm³/mol. The van der Waals surface area contributed by atoms with Crippen LogP contribution >= 0.6 is 0 Å². The molecule has 0 bridgehead atoms. The van der Waals surface area contributed by atoms with Gasteiger partial charge in [-0.15, -0.1) is 0 Å². The van der Waals surface area contributed by atoms with Crippen molar-refractivity contribution in [1.82, 2.24) is 10.2 Å². The molecule has 5 nitrogen and oxygen atoms in total. The molecule has 2 amide bonds. The van der Waals surface area contributed by atoms with Gasteiger partial charge in [0.05, 0.1) is 0 Å². The fourth-order valence-corrected chi connectivity index (χ4v) is 2.71. The van der Waals surface area contributed by atoms with Crippen molar-refractivity contribution < 1.29 is 27.5 Å². The van der Waals surface area contributed by atoms with Gasteiger partial charge in [0.25, 0.3) is 0 Å². The second-order valence-electron chi connectivity index (χ2n) is 5.62. The molecule has 1 fully saturated rings. The van der Waals surface area contributed by atoms with Crippen molar-refractivity contribution in [2.45, 2.75) is 31.5 Å². The van der Waals surface area contributed by atoms with Crippen LogP contribution in [0.5, 0.6) is 0 Å². The van der Waals surface area contributed by atoms with E-state index in [0.29, 0.717) is 13.0 Å². The number of benzene rings is 1. The molecule has 0 aliphatic carbocycles. The average molecular weight is 344 g/mol. The molecule has 1 aromatic rings. The van der Waals surface area contributed by atoms with Crippen molar-refractivity contribution in [3.05, 3.63) is 35.9 Å². The van der Waals surface area contributed by atoms with Crippen LogP contribution in [0.4, 0.5) is 18.0 Å². The van der Waals surface area contributed by atoms with Crippen LogP contribution in [0.3, 0.4) is 0 Å². The number of nitrogens with one attached hydrogen (secondary N) is 1. The number of alkyl halides is 3. The fraction of sp³-hybridized carbons (Fsp3) is 0.500. The van der Waals surface area contributed by atoms with Gasteiger partial charge in [-0.25, -0.2) is 4.79 Å². The Balaban J connectivity index is 1.79. The summed E-state index contributed by atoms with van der Waals surface area (Å²) in [6, 6.07) is 9.76. The quantitative estimate of drug-likeness (QED) is 0.893. The lowest BCUT2D eigenvalue weighted by atomic mass is 10.0. The summed E-state index contributed by atoms with van der Waals surface area (Å²) in [5, 5.41) is 2.06. The Morgan fingerprint density at radius 3 is 2.62 bits per heavy atom. The summed E-state index contributed by atoms with van der Waals surface area (Å²) >= 11 is 0. The average Bonchev–Trinajstić information content (AvgIpc) is 2.99. The molecule has 0 saturated carbocycles. The fourth-order valence-electron chi connectivity index (χ4n) is 2.71. The molecule has 24 heavy (non-hydrogen) atoms. The molecule has 0 aromatic heterocycles. The second kappa shape index (κ2) is 8.03. The molecule has 0 unspecified atom stereocenters. The van der Waals surface area contributed by atoms with Gasteiger partial charge in [0.2, 0.25) is 5.91 Å². The Morgan fingerprint density at radius 2 is 1.96 bits per heavy atom. The Labute approximate surface area is 137 Å². The topological polar surface area (TPSA) is 58.6 Å². The summed E-state index contributed by atoms with van der Waals surface area (Å²) in [6.45, 7) is -1.47. The molecule has 1 saturated heterocycles. The van der Waals surface area contributed by atoms with E-state index in [1.807, 2.05) is 30.3 Å². The highest BCUT2D eigenvalue weighted by Crippen LogP contribution is 2.21. The van der Waals surface area contributed by atoms with Crippen molar-refractivity contribution in [3.8, 4) is 0 Å². The van der Waals surface area contributed by atoms with Crippen LogP contribution in [0.15, 0.2) is 30.3 Å². The van der Waals surface area contributed by atoms with Gasteiger partial charge in [-0.05, 0) is 24.8 Å². The molecule has 0 radical (unpaired) electrons. The van der Waals surface area contributed by atoms with Gasteiger partial charge in [0.1, 0.15) is 6.54 Å². The predicted octanol–water partition coefficient (Wildman–Crippen LogP) is 2.51. The first-order chi connectivity index (χ1) is 11.3. The lowest BCUT2D eigenvalue weighted by Crippen LogP contribution is -2.43. The van der Waals surface area contributed by atoms with E-state index in [0.717, 1.165) is 18.4 Å². The van der Waals surface area contributed by atoms with E-state index in [-0.39, 0.29) is 18.5 Å². The third kappa shape index (κ3) is 5.75. The molecule has 1 aliphatic rings. The Bertz CT molecular complexity index is 563. The second-order valence-corrected chi connectivity index (χ2v) is 5.62. The highest BCUT2D eigenvalue weighted by molar-refractivity contribution is 5.82. The summed E-state index contributed by atoms with van der Waals surface area (Å²) in [5.41, 5.74) is 1.11. The minimum atomic E-state index is -4.59. The molecule has 132 valence electrons. The minimum absolute atomic E-state index is 0.0351. The number of hydrogen-bond donors (Lipinski definition) is 1. The van der Waals surface area contributed by atoms with Crippen molar-refractivity contribution in [3.63, 3.8) is 0 Å².